The van der Waals surface area contributed by atoms with Gasteiger partial charge in [-0.2, -0.15) is 0 Å². The van der Waals surface area contributed by atoms with Crippen LogP contribution in [0.2, 0.25) is 0 Å². The Morgan fingerprint density at radius 3 is 1.95 bits per heavy atom. The molecular weight excluding hydrogens is 278 g/mol. The van der Waals surface area contributed by atoms with Gasteiger partial charge in [0.05, 0.1) is 0 Å². The first-order valence-corrected chi connectivity index (χ1v) is 7.86. The number of ketones is 2. The van der Waals surface area contributed by atoms with Crippen LogP contribution in [0, 0.1) is 0 Å². The summed E-state index contributed by atoms with van der Waals surface area (Å²) in [5, 5.41) is 0. The summed E-state index contributed by atoms with van der Waals surface area (Å²) in [5.74, 6) is 1.54. The van der Waals surface area contributed by atoms with Crippen LogP contribution in [0.25, 0.3) is 0 Å². The number of ether oxygens (including phenoxy) is 1. The second-order valence-corrected chi connectivity index (χ2v) is 6.04. The molecular formula is C18H17NO3. The van der Waals surface area contributed by atoms with Gasteiger partial charge >= 0.3 is 0 Å². The molecule has 4 heteroatoms. The zero-order valence-electron chi connectivity index (χ0n) is 12.3. The molecule has 112 valence electrons. The lowest BCUT2D eigenvalue weighted by molar-refractivity contribution is -0.117. The van der Waals surface area contributed by atoms with Gasteiger partial charge in [-0.1, -0.05) is 0 Å². The topological polar surface area (TPSA) is 56.3 Å². The van der Waals surface area contributed by atoms with Crippen LogP contribution >= 0.6 is 0 Å². The van der Waals surface area contributed by atoms with Gasteiger partial charge in [-0.25, -0.2) is 0 Å². The van der Waals surface area contributed by atoms with Crippen molar-refractivity contribution >= 4 is 11.6 Å². The van der Waals surface area contributed by atoms with E-state index in [0.29, 0.717) is 24.0 Å². The Labute approximate surface area is 128 Å². The highest BCUT2D eigenvalue weighted by molar-refractivity contribution is 6.05. The first kappa shape index (κ1) is 13.4. The lowest BCUT2D eigenvalue weighted by atomic mass is 9.73. The highest BCUT2D eigenvalue weighted by atomic mass is 16.5. The summed E-state index contributed by atoms with van der Waals surface area (Å²) in [6, 6.07) is 3.80. The van der Waals surface area contributed by atoms with Gasteiger partial charge in [-0.15, -0.1) is 0 Å². The molecule has 0 atom stereocenters. The Morgan fingerprint density at radius 1 is 0.864 bits per heavy atom. The smallest absolute Gasteiger partial charge is 0.163 e. The van der Waals surface area contributed by atoms with Gasteiger partial charge in [0.2, 0.25) is 0 Å². The van der Waals surface area contributed by atoms with E-state index in [1.807, 2.05) is 12.1 Å². The van der Waals surface area contributed by atoms with E-state index in [2.05, 4.69) is 4.98 Å². The second-order valence-electron chi connectivity index (χ2n) is 6.04. The van der Waals surface area contributed by atoms with Crippen molar-refractivity contribution in [3.8, 4) is 0 Å². The zero-order chi connectivity index (χ0) is 15.1. The molecule has 0 bridgehead atoms. The van der Waals surface area contributed by atoms with Gasteiger partial charge in [0.25, 0.3) is 0 Å². The zero-order valence-corrected chi connectivity index (χ0v) is 12.3. The third-order valence-corrected chi connectivity index (χ3v) is 4.68. The molecule has 1 aromatic rings. The number of carbonyl (C=O) groups is 2. The molecule has 0 aromatic carbocycles. The fourth-order valence-electron chi connectivity index (χ4n) is 3.71. The summed E-state index contributed by atoms with van der Waals surface area (Å²) in [5.41, 5.74) is 2.36. The van der Waals surface area contributed by atoms with Crippen molar-refractivity contribution in [2.45, 2.75) is 44.4 Å². The predicted octanol–water partition coefficient (Wildman–Crippen LogP) is 3.21. The third kappa shape index (κ3) is 2.02. The first-order chi connectivity index (χ1) is 10.8. The van der Waals surface area contributed by atoms with Crippen molar-refractivity contribution in [1.82, 2.24) is 4.98 Å². The highest BCUT2D eigenvalue weighted by Gasteiger charge is 2.41. The molecule has 0 spiro atoms. The molecule has 2 aliphatic carbocycles. The maximum absolute atomic E-state index is 12.5. The molecule has 22 heavy (non-hydrogen) atoms. The number of aromatic nitrogens is 1. The Bertz CT molecular complexity index is 673. The summed E-state index contributed by atoms with van der Waals surface area (Å²) in [7, 11) is 0. The van der Waals surface area contributed by atoms with Crippen molar-refractivity contribution in [2.24, 2.45) is 0 Å². The average Bonchev–Trinajstić information content (AvgIpc) is 2.54. The summed E-state index contributed by atoms with van der Waals surface area (Å²) in [4.78, 5) is 29.1. The largest absolute Gasteiger partial charge is 0.465 e. The molecule has 2 heterocycles. The Kier molecular flexibility index (Phi) is 3.17. The van der Waals surface area contributed by atoms with Crippen LogP contribution in [-0.2, 0) is 14.3 Å². The second kappa shape index (κ2) is 5.20. The summed E-state index contributed by atoms with van der Waals surface area (Å²) >= 11 is 0. The number of rotatable bonds is 1. The number of pyridine rings is 1. The standard InChI is InChI=1S/C18H17NO3/c20-12-3-1-5-14-17(12)16(11-7-9-19-10-8-11)18-13(21)4-2-6-15(18)22-14/h7-10,16H,1-6H2. The minimum absolute atomic E-state index is 0.119. The summed E-state index contributed by atoms with van der Waals surface area (Å²) < 4.78 is 5.99. The highest BCUT2D eigenvalue weighted by Crippen LogP contribution is 2.47. The maximum atomic E-state index is 12.5. The Hall–Kier alpha value is -2.23. The molecule has 0 unspecified atom stereocenters. The van der Waals surface area contributed by atoms with Crippen LogP contribution in [0.5, 0.6) is 0 Å². The number of hydrogen-bond acceptors (Lipinski definition) is 4. The SMILES string of the molecule is O=C1CCCC2=C1C(c1ccncc1)C1=C(CCCC1=O)O2. The van der Waals surface area contributed by atoms with Crippen molar-refractivity contribution in [3.63, 3.8) is 0 Å². The minimum Gasteiger partial charge on any atom is -0.465 e. The van der Waals surface area contributed by atoms with Crippen LogP contribution in [-0.4, -0.2) is 16.6 Å². The van der Waals surface area contributed by atoms with Crippen molar-refractivity contribution < 1.29 is 14.3 Å². The van der Waals surface area contributed by atoms with Gasteiger partial charge in [-0.3, -0.25) is 14.6 Å². The third-order valence-electron chi connectivity index (χ3n) is 4.68. The van der Waals surface area contributed by atoms with E-state index < -0.39 is 0 Å². The van der Waals surface area contributed by atoms with E-state index in [0.717, 1.165) is 42.8 Å². The normalized spacial score (nSPS) is 22.4. The number of Topliss-reactive ketones (excluding diaryl/α,β-unsaturated/α-hetero) is 2. The van der Waals surface area contributed by atoms with Gasteiger partial charge < -0.3 is 4.74 Å². The summed E-state index contributed by atoms with van der Waals surface area (Å²) in [6.45, 7) is 0. The van der Waals surface area contributed by atoms with Crippen LogP contribution in [0.15, 0.2) is 47.2 Å². The molecule has 0 fully saturated rings. The van der Waals surface area contributed by atoms with E-state index in [-0.39, 0.29) is 17.5 Å². The number of carbonyl (C=O) groups excluding carboxylic acids is 2. The fraction of sp³-hybridized carbons (Fsp3) is 0.389. The average molecular weight is 295 g/mol. The molecule has 0 radical (unpaired) electrons. The van der Waals surface area contributed by atoms with Crippen molar-refractivity contribution in [1.29, 1.82) is 0 Å². The van der Waals surface area contributed by atoms with E-state index in [1.54, 1.807) is 12.4 Å². The number of allylic oxidation sites excluding steroid dienone is 4. The van der Waals surface area contributed by atoms with E-state index in [4.69, 9.17) is 4.74 Å². The molecule has 0 saturated carbocycles. The molecule has 1 aliphatic heterocycles. The molecule has 0 amide bonds. The van der Waals surface area contributed by atoms with E-state index >= 15 is 0 Å². The Balaban J connectivity index is 1.91. The molecule has 4 nitrogen and oxygen atoms in total. The number of nitrogens with zero attached hydrogens (tertiary/aromatic N) is 1. The number of hydrogen-bond donors (Lipinski definition) is 0. The van der Waals surface area contributed by atoms with E-state index in [9.17, 15) is 9.59 Å². The molecule has 0 N–H and O–H groups in total. The monoisotopic (exact) mass is 295 g/mol. The molecule has 1 aromatic heterocycles. The van der Waals surface area contributed by atoms with Crippen LogP contribution in [0.3, 0.4) is 0 Å². The Morgan fingerprint density at radius 2 is 1.41 bits per heavy atom. The van der Waals surface area contributed by atoms with Crippen LogP contribution in [0.4, 0.5) is 0 Å². The van der Waals surface area contributed by atoms with Crippen LogP contribution < -0.4 is 0 Å². The lowest BCUT2D eigenvalue weighted by Gasteiger charge is -2.35. The molecule has 0 saturated heterocycles. The molecule has 3 aliphatic rings. The van der Waals surface area contributed by atoms with Gasteiger partial charge in [0.1, 0.15) is 11.5 Å². The van der Waals surface area contributed by atoms with Crippen LogP contribution in [0.1, 0.15) is 50.0 Å². The van der Waals surface area contributed by atoms with Crippen molar-refractivity contribution in [2.75, 3.05) is 0 Å². The lowest BCUT2D eigenvalue weighted by Crippen LogP contribution is -2.30. The van der Waals surface area contributed by atoms with Gasteiger partial charge in [-0.05, 0) is 30.5 Å². The minimum atomic E-state index is -0.262. The summed E-state index contributed by atoms with van der Waals surface area (Å²) in [6.07, 6.45) is 7.74. The first-order valence-electron chi connectivity index (χ1n) is 7.86. The maximum Gasteiger partial charge on any atom is 0.163 e. The quantitative estimate of drug-likeness (QED) is 0.798. The van der Waals surface area contributed by atoms with Gasteiger partial charge in [0, 0.05) is 55.1 Å². The predicted molar refractivity (Wildman–Crippen MR) is 79.8 cm³/mol. The molecule has 4 rings (SSSR count). The van der Waals surface area contributed by atoms with Crippen molar-refractivity contribution in [3.05, 3.63) is 52.8 Å². The van der Waals surface area contributed by atoms with E-state index in [1.165, 1.54) is 0 Å². The van der Waals surface area contributed by atoms with Gasteiger partial charge in [0.15, 0.2) is 11.6 Å². The fourth-order valence-corrected chi connectivity index (χ4v) is 3.71.